The molecule has 0 spiro atoms. The standard InChI is InChI=1S/C11H15NO.Bi/c1-3-12(7-8-13)11-6-4-5-10(2)9-11;/h4-6,8-9H,3,7H2,1-2H3;. The SMILES string of the molecule is CCN(CC=O)c1cccc(C)c1.[Bi]. The molecule has 0 bridgehead atoms. The first-order valence-corrected chi connectivity index (χ1v) is 4.53. The summed E-state index contributed by atoms with van der Waals surface area (Å²) in [5.74, 6) is 0. The van der Waals surface area contributed by atoms with Gasteiger partial charge in [-0.15, -0.1) is 0 Å². The molecule has 1 aromatic carbocycles. The second-order valence-corrected chi connectivity index (χ2v) is 3.04. The molecule has 0 fully saturated rings. The van der Waals surface area contributed by atoms with Gasteiger partial charge in [-0.3, -0.25) is 0 Å². The fraction of sp³-hybridized carbons (Fsp3) is 0.364. The number of aryl methyl sites for hydroxylation is 1. The Kier molecular flexibility index (Phi) is 6.73. The van der Waals surface area contributed by atoms with Crippen LogP contribution in [0.25, 0.3) is 0 Å². The minimum Gasteiger partial charge on any atom is -0.365 e. The first-order chi connectivity index (χ1) is 6.27. The van der Waals surface area contributed by atoms with Gasteiger partial charge in [0.05, 0.1) is 6.54 Å². The van der Waals surface area contributed by atoms with Crippen LogP contribution in [0.3, 0.4) is 0 Å². The maximum Gasteiger partial charge on any atom is 0.139 e. The third kappa shape index (κ3) is 3.75. The number of hydrogen-bond donors (Lipinski definition) is 0. The van der Waals surface area contributed by atoms with Crippen molar-refractivity contribution in [2.45, 2.75) is 13.8 Å². The number of rotatable bonds is 4. The van der Waals surface area contributed by atoms with Gasteiger partial charge in [-0.05, 0) is 31.5 Å². The third-order valence-electron chi connectivity index (χ3n) is 2.04. The Morgan fingerprint density at radius 1 is 1.43 bits per heavy atom. The summed E-state index contributed by atoms with van der Waals surface area (Å²) in [5.41, 5.74) is 2.34. The van der Waals surface area contributed by atoms with Crippen molar-refractivity contribution in [1.29, 1.82) is 0 Å². The molecule has 0 saturated carbocycles. The average molecular weight is 386 g/mol. The van der Waals surface area contributed by atoms with Crippen LogP contribution >= 0.6 is 0 Å². The molecule has 0 amide bonds. The van der Waals surface area contributed by atoms with Crippen LogP contribution in [0.5, 0.6) is 0 Å². The molecule has 2 nitrogen and oxygen atoms in total. The Bertz CT molecular complexity index is 288. The van der Waals surface area contributed by atoms with Crippen LogP contribution in [0.4, 0.5) is 5.69 Å². The summed E-state index contributed by atoms with van der Waals surface area (Å²) >= 11 is 0. The molecule has 14 heavy (non-hydrogen) atoms. The number of hydrogen-bond acceptors (Lipinski definition) is 2. The maximum atomic E-state index is 10.4. The van der Waals surface area contributed by atoms with E-state index >= 15 is 0 Å². The van der Waals surface area contributed by atoms with Gasteiger partial charge < -0.3 is 9.69 Å². The second-order valence-electron chi connectivity index (χ2n) is 3.04. The summed E-state index contributed by atoms with van der Waals surface area (Å²) in [6.07, 6.45) is 0.936. The normalized spacial score (nSPS) is 9.00. The molecule has 3 heteroatoms. The van der Waals surface area contributed by atoms with Crippen LogP contribution in [-0.4, -0.2) is 45.6 Å². The quantitative estimate of drug-likeness (QED) is 0.580. The van der Waals surface area contributed by atoms with Crippen molar-refractivity contribution in [2.75, 3.05) is 18.0 Å². The monoisotopic (exact) mass is 386 g/mol. The van der Waals surface area contributed by atoms with Crippen molar-refractivity contribution < 1.29 is 4.79 Å². The third-order valence-corrected chi connectivity index (χ3v) is 2.04. The molecule has 0 atom stereocenters. The molecule has 1 rings (SSSR count). The molecule has 0 unspecified atom stereocenters. The van der Waals surface area contributed by atoms with E-state index in [1.165, 1.54) is 5.56 Å². The van der Waals surface area contributed by atoms with Crippen molar-refractivity contribution in [1.82, 2.24) is 0 Å². The largest absolute Gasteiger partial charge is 0.365 e. The van der Waals surface area contributed by atoms with E-state index in [1.807, 2.05) is 24.0 Å². The van der Waals surface area contributed by atoms with E-state index in [9.17, 15) is 4.79 Å². The fourth-order valence-corrected chi connectivity index (χ4v) is 1.33. The van der Waals surface area contributed by atoms with Gasteiger partial charge in [0.25, 0.3) is 0 Å². The van der Waals surface area contributed by atoms with E-state index in [1.54, 1.807) is 0 Å². The van der Waals surface area contributed by atoms with Crippen molar-refractivity contribution in [2.24, 2.45) is 0 Å². The summed E-state index contributed by atoms with van der Waals surface area (Å²) in [6, 6.07) is 8.18. The van der Waals surface area contributed by atoms with Gasteiger partial charge in [0.2, 0.25) is 0 Å². The molecule has 1 aromatic rings. The maximum absolute atomic E-state index is 10.4. The number of anilines is 1. The minimum atomic E-state index is 0. The average Bonchev–Trinajstić information content (AvgIpc) is 2.14. The number of carbonyl (C=O) groups excluding carboxylic acids is 1. The van der Waals surface area contributed by atoms with Crippen molar-refractivity contribution in [3.05, 3.63) is 29.8 Å². The summed E-state index contributed by atoms with van der Waals surface area (Å²) < 4.78 is 0. The van der Waals surface area contributed by atoms with Crippen LogP contribution < -0.4 is 4.90 Å². The van der Waals surface area contributed by atoms with Crippen LogP contribution in [0.2, 0.25) is 0 Å². The van der Waals surface area contributed by atoms with Crippen molar-refractivity contribution in [3.8, 4) is 0 Å². The van der Waals surface area contributed by atoms with E-state index in [0.717, 1.165) is 18.5 Å². The Hall–Kier alpha value is -0.427. The van der Waals surface area contributed by atoms with Gasteiger partial charge in [-0.25, -0.2) is 0 Å². The van der Waals surface area contributed by atoms with Gasteiger partial charge in [0, 0.05) is 38.4 Å². The number of benzene rings is 1. The predicted molar refractivity (Wildman–Crippen MR) is 60.9 cm³/mol. The summed E-state index contributed by atoms with van der Waals surface area (Å²) in [7, 11) is 0. The molecule has 0 aliphatic rings. The minimum absolute atomic E-state index is 0. The number of aldehydes is 1. The van der Waals surface area contributed by atoms with E-state index in [-0.39, 0.29) is 26.2 Å². The van der Waals surface area contributed by atoms with Crippen LogP contribution in [0, 0.1) is 6.92 Å². The Balaban J connectivity index is 0.00000169. The van der Waals surface area contributed by atoms with Gasteiger partial charge in [-0.1, -0.05) is 12.1 Å². The van der Waals surface area contributed by atoms with Crippen LogP contribution in [-0.2, 0) is 4.79 Å². The Labute approximate surface area is 104 Å². The van der Waals surface area contributed by atoms with Gasteiger partial charge in [0.15, 0.2) is 0 Å². The zero-order chi connectivity index (χ0) is 9.68. The summed E-state index contributed by atoms with van der Waals surface area (Å²) in [6.45, 7) is 5.44. The van der Waals surface area contributed by atoms with Crippen LogP contribution in [0.15, 0.2) is 24.3 Å². The number of nitrogens with zero attached hydrogens (tertiary/aromatic N) is 1. The van der Waals surface area contributed by atoms with Gasteiger partial charge in [0.1, 0.15) is 6.29 Å². The zero-order valence-corrected chi connectivity index (χ0v) is 12.1. The molecule has 0 aromatic heterocycles. The van der Waals surface area contributed by atoms with Gasteiger partial charge in [-0.2, -0.15) is 0 Å². The Morgan fingerprint density at radius 2 is 2.14 bits per heavy atom. The van der Waals surface area contributed by atoms with E-state index in [4.69, 9.17) is 0 Å². The van der Waals surface area contributed by atoms with E-state index in [2.05, 4.69) is 19.1 Å². The molecule has 0 saturated heterocycles. The summed E-state index contributed by atoms with van der Waals surface area (Å²) in [4.78, 5) is 12.4. The smallest absolute Gasteiger partial charge is 0.139 e. The number of likely N-dealkylation sites (N-methyl/N-ethyl adjacent to an activating group) is 1. The molecule has 0 N–H and O–H groups in total. The Morgan fingerprint density at radius 3 is 2.64 bits per heavy atom. The van der Waals surface area contributed by atoms with Crippen LogP contribution in [0.1, 0.15) is 12.5 Å². The fourth-order valence-electron chi connectivity index (χ4n) is 1.33. The molecular weight excluding hydrogens is 371 g/mol. The molecule has 75 valence electrons. The van der Waals surface area contributed by atoms with Crippen molar-refractivity contribution in [3.63, 3.8) is 0 Å². The second kappa shape index (κ2) is 6.94. The summed E-state index contributed by atoms with van der Waals surface area (Å²) in [5, 5.41) is 0. The molecular formula is C11H15BiNO. The predicted octanol–water partition coefficient (Wildman–Crippen LogP) is 1.64. The molecule has 0 aliphatic carbocycles. The van der Waals surface area contributed by atoms with E-state index < -0.39 is 0 Å². The number of carbonyl (C=O) groups is 1. The molecule has 0 aliphatic heterocycles. The van der Waals surface area contributed by atoms with E-state index in [0.29, 0.717) is 6.54 Å². The molecule has 0 heterocycles. The topological polar surface area (TPSA) is 20.3 Å². The first kappa shape index (κ1) is 13.6. The molecule has 3 radical (unpaired) electrons. The zero-order valence-electron chi connectivity index (χ0n) is 8.60. The van der Waals surface area contributed by atoms with Crippen molar-refractivity contribution >= 4 is 38.2 Å². The van der Waals surface area contributed by atoms with Gasteiger partial charge >= 0.3 is 0 Å². The first-order valence-electron chi connectivity index (χ1n) is 4.53.